The van der Waals surface area contributed by atoms with Crippen molar-refractivity contribution >= 4 is 23.2 Å². The topological polar surface area (TPSA) is 61.4 Å². The van der Waals surface area contributed by atoms with Crippen molar-refractivity contribution in [3.05, 3.63) is 71.8 Å². The number of rotatable bonds is 8. The van der Waals surface area contributed by atoms with Crippen molar-refractivity contribution in [2.75, 3.05) is 30.4 Å². The molecule has 2 aromatic rings. The van der Waals surface area contributed by atoms with E-state index in [0.29, 0.717) is 12.1 Å². The fourth-order valence-electron chi connectivity index (χ4n) is 3.46. The third-order valence-electron chi connectivity index (χ3n) is 5.16. The average molecular weight is 392 g/mol. The van der Waals surface area contributed by atoms with Gasteiger partial charge in [-0.3, -0.25) is 9.59 Å². The Labute approximate surface area is 172 Å². The molecule has 5 heteroatoms. The molecule has 0 aromatic heterocycles. The minimum Gasteiger partial charge on any atom is -0.376 e. The van der Waals surface area contributed by atoms with Gasteiger partial charge in [-0.15, -0.1) is 0 Å². The monoisotopic (exact) mass is 391 g/mol. The Balaban J connectivity index is 1.48. The van der Waals surface area contributed by atoms with E-state index < -0.39 is 0 Å². The number of amides is 2. The van der Waals surface area contributed by atoms with E-state index in [1.807, 2.05) is 42.5 Å². The summed E-state index contributed by atoms with van der Waals surface area (Å²) in [6.07, 6.45) is 8.11. The first-order valence-corrected chi connectivity index (χ1v) is 10.2. The Kier molecular flexibility index (Phi) is 7.45. The Bertz CT molecular complexity index is 861. The second-order valence-corrected chi connectivity index (χ2v) is 7.34. The van der Waals surface area contributed by atoms with Crippen LogP contribution in [-0.2, 0) is 4.79 Å². The first-order valence-electron chi connectivity index (χ1n) is 10.2. The molecular weight excluding hydrogens is 362 g/mol. The van der Waals surface area contributed by atoms with Gasteiger partial charge in [0, 0.05) is 30.5 Å². The smallest absolute Gasteiger partial charge is 0.258 e. The van der Waals surface area contributed by atoms with Crippen LogP contribution in [0.3, 0.4) is 0 Å². The molecule has 2 N–H and O–H groups in total. The van der Waals surface area contributed by atoms with Gasteiger partial charge in [0.15, 0.2) is 0 Å². The maximum absolute atomic E-state index is 12.7. The van der Waals surface area contributed by atoms with Crippen molar-refractivity contribution in [3.63, 3.8) is 0 Å². The lowest BCUT2D eigenvalue weighted by Gasteiger charge is -2.18. The van der Waals surface area contributed by atoms with Gasteiger partial charge in [-0.1, -0.05) is 35.9 Å². The normalized spacial score (nSPS) is 13.3. The molecule has 29 heavy (non-hydrogen) atoms. The van der Waals surface area contributed by atoms with Crippen LogP contribution in [-0.4, -0.2) is 32.0 Å². The first kappa shape index (κ1) is 20.6. The lowest BCUT2D eigenvalue weighted by Crippen LogP contribution is -2.31. The largest absolute Gasteiger partial charge is 0.376 e. The summed E-state index contributed by atoms with van der Waals surface area (Å²) in [4.78, 5) is 26.5. The number of hydrogen-bond acceptors (Lipinski definition) is 3. The Morgan fingerprint density at radius 2 is 1.86 bits per heavy atom. The maximum Gasteiger partial charge on any atom is 0.258 e. The van der Waals surface area contributed by atoms with Gasteiger partial charge >= 0.3 is 0 Å². The molecule has 0 aliphatic heterocycles. The highest BCUT2D eigenvalue weighted by Gasteiger charge is 2.13. The zero-order valence-electron chi connectivity index (χ0n) is 17.0. The molecule has 0 unspecified atom stereocenters. The standard InChI is InChI=1S/C24H29N3O2/c1-27(22-13-6-3-7-14-22)24(29)20-11-8-12-21(17-20)26-18-23(28)25-16-15-19-9-4-2-5-10-19/h3,6-9,11-14,17,26H,2,4-5,10,15-16,18H2,1H3,(H,25,28). The molecule has 0 fully saturated rings. The van der Waals surface area contributed by atoms with Gasteiger partial charge < -0.3 is 15.5 Å². The van der Waals surface area contributed by atoms with Crippen molar-refractivity contribution in [2.24, 2.45) is 0 Å². The Morgan fingerprint density at radius 3 is 2.62 bits per heavy atom. The van der Waals surface area contributed by atoms with Crippen LogP contribution in [0.15, 0.2) is 66.2 Å². The van der Waals surface area contributed by atoms with E-state index in [2.05, 4.69) is 16.7 Å². The van der Waals surface area contributed by atoms with Gasteiger partial charge in [-0.05, 0) is 62.4 Å². The van der Waals surface area contributed by atoms with Crippen molar-refractivity contribution in [1.29, 1.82) is 0 Å². The molecule has 1 aliphatic rings. The average Bonchev–Trinajstić information content (AvgIpc) is 2.78. The number of carbonyl (C=O) groups is 2. The van der Waals surface area contributed by atoms with Crippen LogP contribution in [0.25, 0.3) is 0 Å². The van der Waals surface area contributed by atoms with Crippen LogP contribution in [0.5, 0.6) is 0 Å². The summed E-state index contributed by atoms with van der Waals surface area (Å²) in [5.41, 5.74) is 3.62. The number of hydrogen-bond donors (Lipinski definition) is 2. The van der Waals surface area contributed by atoms with Gasteiger partial charge in [0.05, 0.1) is 6.54 Å². The number of nitrogens with one attached hydrogen (secondary N) is 2. The van der Waals surface area contributed by atoms with Gasteiger partial charge in [0.1, 0.15) is 0 Å². The fraction of sp³-hybridized carbons (Fsp3) is 0.333. The first-order chi connectivity index (χ1) is 14.1. The van der Waals surface area contributed by atoms with Crippen LogP contribution >= 0.6 is 0 Å². The van der Waals surface area contributed by atoms with E-state index in [-0.39, 0.29) is 18.4 Å². The number of nitrogens with zero attached hydrogens (tertiary/aromatic N) is 1. The van der Waals surface area contributed by atoms with Crippen molar-refractivity contribution in [2.45, 2.75) is 32.1 Å². The molecule has 0 heterocycles. The second-order valence-electron chi connectivity index (χ2n) is 7.34. The molecule has 3 rings (SSSR count). The molecule has 0 spiro atoms. The lowest BCUT2D eigenvalue weighted by molar-refractivity contribution is -0.119. The number of benzene rings is 2. The minimum absolute atomic E-state index is 0.0421. The molecule has 0 atom stereocenters. The summed E-state index contributed by atoms with van der Waals surface area (Å²) in [5, 5.41) is 6.07. The SMILES string of the molecule is CN(C(=O)c1cccc(NCC(=O)NCCC2=CCCCC2)c1)c1ccccc1. The highest BCUT2D eigenvalue weighted by atomic mass is 16.2. The summed E-state index contributed by atoms with van der Waals surface area (Å²) < 4.78 is 0. The molecule has 5 nitrogen and oxygen atoms in total. The van der Waals surface area contributed by atoms with E-state index in [9.17, 15) is 9.59 Å². The highest BCUT2D eigenvalue weighted by molar-refractivity contribution is 6.06. The van der Waals surface area contributed by atoms with Gasteiger partial charge in [0.2, 0.25) is 5.91 Å². The summed E-state index contributed by atoms with van der Waals surface area (Å²) in [6.45, 7) is 0.859. The molecule has 2 amide bonds. The molecule has 0 bridgehead atoms. The molecule has 1 aliphatic carbocycles. The number of para-hydroxylation sites is 1. The summed E-state index contributed by atoms with van der Waals surface area (Å²) in [5.74, 6) is -0.135. The summed E-state index contributed by atoms with van der Waals surface area (Å²) in [7, 11) is 1.76. The van der Waals surface area contributed by atoms with Crippen LogP contribution in [0.4, 0.5) is 11.4 Å². The quantitative estimate of drug-likeness (QED) is 0.657. The van der Waals surface area contributed by atoms with Gasteiger partial charge in [-0.2, -0.15) is 0 Å². The van der Waals surface area contributed by atoms with E-state index in [4.69, 9.17) is 0 Å². The number of allylic oxidation sites excluding steroid dienone is 1. The lowest BCUT2D eigenvalue weighted by atomic mass is 9.97. The van der Waals surface area contributed by atoms with E-state index >= 15 is 0 Å². The maximum atomic E-state index is 12.7. The predicted molar refractivity (Wildman–Crippen MR) is 118 cm³/mol. The van der Waals surface area contributed by atoms with E-state index in [1.165, 1.54) is 24.8 Å². The Hall–Kier alpha value is -3.08. The van der Waals surface area contributed by atoms with E-state index in [1.54, 1.807) is 24.1 Å². The number of anilines is 2. The summed E-state index contributed by atoms with van der Waals surface area (Å²) in [6, 6.07) is 16.8. The molecular formula is C24H29N3O2. The highest BCUT2D eigenvalue weighted by Crippen LogP contribution is 2.19. The summed E-state index contributed by atoms with van der Waals surface area (Å²) >= 11 is 0. The van der Waals surface area contributed by atoms with E-state index in [0.717, 1.165) is 24.2 Å². The van der Waals surface area contributed by atoms with Gasteiger partial charge in [-0.25, -0.2) is 0 Å². The van der Waals surface area contributed by atoms with Crippen molar-refractivity contribution in [3.8, 4) is 0 Å². The third kappa shape index (κ3) is 6.21. The second kappa shape index (κ2) is 10.5. The predicted octanol–water partition coefficient (Wildman–Crippen LogP) is 4.38. The Morgan fingerprint density at radius 1 is 1.03 bits per heavy atom. The van der Waals surface area contributed by atoms with Crippen LogP contribution in [0.2, 0.25) is 0 Å². The molecule has 0 saturated carbocycles. The zero-order valence-corrected chi connectivity index (χ0v) is 17.0. The third-order valence-corrected chi connectivity index (χ3v) is 5.16. The zero-order chi connectivity index (χ0) is 20.5. The van der Waals surface area contributed by atoms with Crippen molar-refractivity contribution in [1.82, 2.24) is 5.32 Å². The fourth-order valence-corrected chi connectivity index (χ4v) is 3.46. The molecule has 152 valence electrons. The van der Waals surface area contributed by atoms with Crippen LogP contribution in [0.1, 0.15) is 42.5 Å². The van der Waals surface area contributed by atoms with Crippen LogP contribution < -0.4 is 15.5 Å². The molecule has 0 saturated heterocycles. The molecule has 2 aromatic carbocycles. The molecule has 0 radical (unpaired) electrons. The number of carbonyl (C=O) groups excluding carboxylic acids is 2. The van der Waals surface area contributed by atoms with Crippen LogP contribution in [0, 0.1) is 0 Å². The van der Waals surface area contributed by atoms with Gasteiger partial charge in [0.25, 0.3) is 5.91 Å². The minimum atomic E-state index is -0.0925. The van der Waals surface area contributed by atoms with Crippen molar-refractivity contribution < 1.29 is 9.59 Å².